The van der Waals surface area contributed by atoms with Crippen LogP contribution in [0.25, 0.3) is 0 Å². The van der Waals surface area contributed by atoms with Crippen LogP contribution in [0, 0.1) is 0 Å². The summed E-state index contributed by atoms with van der Waals surface area (Å²) >= 11 is 1.87. The number of carbonyl (C=O) groups excluding carboxylic acids is 2. The Kier molecular flexibility index (Phi) is 6.01. The minimum atomic E-state index is -0.316. The van der Waals surface area contributed by atoms with Crippen molar-refractivity contribution in [1.82, 2.24) is 14.8 Å². The third-order valence-electron chi connectivity index (χ3n) is 4.25. The predicted octanol–water partition coefficient (Wildman–Crippen LogP) is 1.88. The highest BCUT2D eigenvalue weighted by Crippen LogP contribution is 2.22. The maximum atomic E-state index is 12.7. The van der Waals surface area contributed by atoms with Crippen LogP contribution in [0.5, 0.6) is 5.88 Å². The van der Waals surface area contributed by atoms with E-state index in [1.54, 1.807) is 35.1 Å². The fourth-order valence-corrected chi connectivity index (χ4v) is 3.97. The van der Waals surface area contributed by atoms with Crippen molar-refractivity contribution in [3.8, 4) is 5.88 Å². The molecular formula is C17H23N3O4S. The first-order chi connectivity index (χ1) is 12.2. The van der Waals surface area contributed by atoms with Crippen molar-refractivity contribution in [3.05, 3.63) is 23.9 Å². The van der Waals surface area contributed by atoms with Crippen LogP contribution in [0.4, 0.5) is 4.79 Å². The summed E-state index contributed by atoms with van der Waals surface area (Å²) < 4.78 is 10.9. The summed E-state index contributed by atoms with van der Waals surface area (Å²) in [6, 6.07) is 3.42. The number of hydrogen-bond acceptors (Lipinski definition) is 6. The molecule has 2 fully saturated rings. The van der Waals surface area contributed by atoms with Crippen molar-refractivity contribution in [2.24, 2.45) is 0 Å². The van der Waals surface area contributed by atoms with Gasteiger partial charge in [-0.25, -0.2) is 9.78 Å². The van der Waals surface area contributed by atoms with Crippen LogP contribution in [-0.2, 0) is 4.74 Å². The maximum absolute atomic E-state index is 12.7. The molecule has 0 aromatic carbocycles. The second kappa shape index (κ2) is 8.42. The first-order valence-corrected chi connectivity index (χ1v) is 9.74. The lowest BCUT2D eigenvalue weighted by Crippen LogP contribution is -2.50. The Morgan fingerprint density at radius 2 is 2.04 bits per heavy atom. The quantitative estimate of drug-likeness (QED) is 0.811. The second-order valence-electron chi connectivity index (χ2n) is 5.96. The van der Waals surface area contributed by atoms with Crippen LogP contribution in [0.3, 0.4) is 0 Å². The van der Waals surface area contributed by atoms with Crippen molar-refractivity contribution in [2.75, 3.05) is 44.3 Å². The van der Waals surface area contributed by atoms with Gasteiger partial charge in [-0.05, 0) is 25.2 Å². The predicted molar refractivity (Wildman–Crippen MR) is 95.1 cm³/mol. The summed E-state index contributed by atoms with van der Waals surface area (Å²) in [4.78, 5) is 32.0. The number of carbonyl (C=O) groups is 2. The Balaban J connectivity index is 1.57. The number of aromatic nitrogens is 1. The molecule has 2 amide bonds. The first-order valence-electron chi connectivity index (χ1n) is 8.59. The molecule has 25 heavy (non-hydrogen) atoms. The van der Waals surface area contributed by atoms with Crippen molar-refractivity contribution in [1.29, 1.82) is 0 Å². The van der Waals surface area contributed by atoms with Crippen molar-refractivity contribution < 1.29 is 19.1 Å². The molecule has 2 aliphatic heterocycles. The van der Waals surface area contributed by atoms with Gasteiger partial charge >= 0.3 is 6.09 Å². The van der Waals surface area contributed by atoms with Gasteiger partial charge in [0.25, 0.3) is 5.91 Å². The normalized spacial score (nSPS) is 20.4. The number of nitrogens with zero attached hydrogens (tertiary/aromatic N) is 3. The van der Waals surface area contributed by atoms with E-state index in [-0.39, 0.29) is 18.1 Å². The van der Waals surface area contributed by atoms with Crippen molar-refractivity contribution >= 4 is 23.8 Å². The lowest BCUT2D eigenvalue weighted by Gasteiger charge is -2.34. The van der Waals surface area contributed by atoms with Crippen LogP contribution in [0.2, 0.25) is 0 Å². The Bertz CT molecular complexity index is 614. The highest BCUT2D eigenvalue weighted by atomic mass is 32.2. The minimum absolute atomic E-state index is 0.0587. The third-order valence-corrected chi connectivity index (χ3v) is 5.38. The van der Waals surface area contributed by atoms with Gasteiger partial charge in [-0.15, -0.1) is 0 Å². The third kappa shape index (κ3) is 4.56. The minimum Gasteiger partial charge on any atom is -0.473 e. The molecule has 0 spiro atoms. The molecule has 1 aromatic heterocycles. The topological polar surface area (TPSA) is 72.0 Å². The lowest BCUT2D eigenvalue weighted by molar-refractivity contribution is 0.0570. The van der Waals surface area contributed by atoms with E-state index in [1.165, 1.54) is 0 Å². The Morgan fingerprint density at radius 1 is 1.28 bits per heavy atom. The van der Waals surface area contributed by atoms with Crippen LogP contribution in [0.15, 0.2) is 18.3 Å². The van der Waals surface area contributed by atoms with Gasteiger partial charge in [-0.2, -0.15) is 11.8 Å². The molecule has 0 radical (unpaired) electrons. The fraction of sp³-hybridized carbons (Fsp3) is 0.588. The second-order valence-corrected chi connectivity index (χ2v) is 7.11. The van der Waals surface area contributed by atoms with Crippen molar-refractivity contribution in [2.45, 2.75) is 19.4 Å². The van der Waals surface area contributed by atoms with Crippen LogP contribution < -0.4 is 4.74 Å². The highest BCUT2D eigenvalue weighted by molar-refractivity contribution is 7.99. The van der Waals surface area contributed by atoms with Crippen LogP contribution >= 0.6 is 11.8 Å². The van der Waals surface area contributed by atoms with Gasteiger partial charge in [0.2, 0.25) is 5.88 Å². The molecule has 0 saturated carbocycles. The molecule has 0 N–H and O–H groups in total. The highest BCUT2D eigenvalue weighted by Gasteiger charge is 2.26. The molecular weight excluding hydrogens is 342 g/mol. The van der Waals surface area contributed by atoms with E-state index in [4.69, 9.17) is 9.47 Å². The van der Waals surface area contributed by atoms with Crippen molar-refractivity contribution in [3.63, 3.8) is 0 Å². The molecule has 0 bridgehead atoms. The van der Waals surface area contributed by atoms with Gasteiger partial charge in [-0.3, -0.25) is 4.79 Å². The largest absolute Gasteiger partial charge is 0.473 e. The van der Waals surface area contributed by atoms with E-state index in [0.717, 1.165) is 17.9 Å². The molecule has 2 aliphatic rings. The molecule has 1 atom stereocenters. The smallest absolute Gasteiger partial charge is 0.409 e. The molecule has 3 rings (SSSR count). The van der Waals surface area contributed by atoms with E-state index in [1.807, 2.05) is 11.8 Å². The number of thioether (sulfide) groups is 1. The molecule has 3 heterocycles. The standard InChI is InChI=1S/C17H23N3O4S/c1-2-23-17(22)20-8-6-19(7-9-20)16(21)13-3-5-18-15(11-13)24-14-4-10-25-12-14/h3,5,11,14H,2,4,6-10,12H2,1H3/t14-/m1/s1. The Hall–Kier alpha value is -1.96. The summed E-state index contributed by atoms with van der Waals surface area (Å²) in [6.45, 7) is 4.10. The van der Waals surface area contributed by atoms with E-state index in [9.17, 15) is 9.59 Å². The van der Waals surface area contributed by atoms with Crippen LogP contribution in [0.1, 0.15) is 23.7 Å². The van der Waals surface area contributed by atoms with Gasteiger partial charge in [0.1, 0.15) is 6.10 Å². The van der Waals surface area contributed by atoms with E-state index >= 15 is 0 Å². The van der Waals surface area contributed by atoms with Gasteiger partial charge < -0.3 is 19.3 Å². The zero-order chi connectivity index (χ0) is 17.6. The molecule has 1 aromatic rings. The van der Waals surface area contributed by atoms with Gasteiger partial charge in [0.15, 0.2) is 0 Å². The van der Waals surface area contributed by atoms with E-state index in [2.05, 4.69) is 4.98 Å². The summed E-state index contributed by atoms with van der Waals surface area (Å²) in [5.41, 5.74) is 0.570. The van der Waals surface area contributed by atoms with Gasteiger partial charge in [0.05, 0.1) is 6.61 Å². The molecule has 2 saturated heterocycles. The summed E-state index contributed by atoms with van der Waals surface area (Å²) in [6.07, 6.45) is 2.49. The fourth-order valence-electron chi connectivity index (χ4n) is 2.87. The lowest BCUT2D eigenvalue weighted by atomic mass is 10.2. The molecule has 0 aliphatic carbocycles. The zero-order valence-corrected chi connectivity index (χ0v) is 15.2. The number of amides is 2. The molecule has 0 unspecified atom stereocenters. The SMILES string of the molecule is CCOC(=O)N1CCN(C(=O)c2ccnc(O[C@@H]3CCSC3)c2)CC1. The zero-order valence-electron chi connectivity index (χ0n) is 14.3. The summed E-state index contributed by atoms with van der Waals surface area (Å²) in [5, 5.41) is 0. The van der Waals surface area contributed by atoms with E-state index < -0.39 is 0 Å². The Labute approximate surface area is 151 Å². The van der Waals surface area contributed by atoms with Gasteiger partial charge in [-0.1, -0.05) is 0 Å². The number of piperazine rings is 1. The van der Waals surface area contributed by atoms with E-state index in [0.29, 0.717) is 44.2 Å². The monoisotopic (exact) mass is 365 g/mol. The number of rotatable bonds is 4. The molecule has 136 valence electrons. The average Bonchev–Trinajstić information content (AvgIpc) is 3.15. The summed E-state index contributed by atoms with van der Waals surface area (Å²) in [5.74, 6) is 2.52. The molecule has 7 nitrogen and oxygen atoms in total. The number of hydrogen-bond donors (Lipinski definition) is 0. The number of pyridine rings is 1. The summed E-state index contributed by atoms with van der Waals surface area (Å²) in [7, 11) is 0. The van der Waals surface area contributed by atoms with Gasteiger partial charge in [0, 0.05) is 49.8 Å². The molecule has 8 heteroatoms. The first kappa shape index (κ1) is 17.8. The average molecular weight is 365 g/mol. The maximum Gasteiger partial charge on any atom is 0.409 e. The van der Waals surface area contributed by atoms with Crippen LogP contribution in [-0.4, -0.2) is 77.2 Å². The number of ether oxygens (including phenoxy) is 2. The Morgan fingerprint density at radius 3 is 2.72 bits per heavy atom.